The van der Waals surface area contributed by atoms with Crippen molar-refractivity contribution in [3.8, 4) is 0 Å². The van der Waals surface area contributed by atoms with Crippen LogP contribution in [0.1, 0.15) is 142 Å². The van der Waals surface area contributed by atoms with Gasteiger partial charge in [0.2, 0.25) is 5.91 Å². The number of rotatable bonds is 22. The Labute approximate surface area is 215 Å². The third-order valence-corrected chi connectivity index (χ3v) is 7.35. The zero-order valence-corrected chi connectivity index (χ0v) is 23.0. The third kappa shape index (κ3) is 14.6. The number of aliphatic hydroxyl groups is 3. The zero-order valence-electron chi connectivity index (χ0n) is 23.0. The molecule has 6 nitrogen and oxygen atoms in total. The number of nitrogens with zero attached hydrogens (tertiary/aromatic N) is 1. The standard InChI is InChI=1S/C29H57NO5/c1-3-5-7-9-11-13-15-17-19-21-23-30(29-28(34)27(33)25(31)24-35-29)26(32)22-20-18-16-14-12-10-8-6-4-2/h25,27-29,31,33-34H,3-24H2,1-2H3/t25-,27-,28+,29+/m1/s1. The van der Waals surface area contributed by atoms with Crippen LogP contribution in [0.2, 0.25) is 0 Å². The Morgan fingerprint density at radius 3 is 1.57 bits per heavy atom. The maximum absolute atomic E-state index is 13.1. The summed E-state index contributed by atoms with van der Waals surface area (Å²) in [6.45, 7) is 4.93. The molecule has 0 radical (unpaired) electrons. The van der Waals surface area contributed by atoms with Crippen molar-refractivity contribution in [1.82, 2.24) is 4.90 Å². The fourth-order valence-electron chi connectivity index (χ4n) is 4.96. The lowest BCUT2D eigenvalue weighted by atomic mass is 10.0. The van der Waals surface area contributed by atoms with Crippen molar-refractivity contribution in [2.45, 2.75) is 167 Å². The van der Waals surface area contributed by atoms with Crippen LogP contribution in [0.4, 0.5) is 0 Å². The maximum Gasteiger partial charge on any atom is 0.224 e. The molecular weight excluding hydrogens is 442 g/mol. The molecule has 1 rings (SSSR count). The van der Waals surface area contributed by atoms with E-state index in [9.17, 15) is 20.1 Å². The molecule has 1 amide bonds. The Balaban J connectivity index is 2.36. The molecule has 1 aliphatic heterocycles. The van der Waals surface area contributed by atoms with Gasteiger partial charge in [-0.2, -0.15) is 0 Å². The van der Waals surface area contributed by atoms with Crippen LogP contribution >= 0.6 is 0 Å². The molecule has 208 valence electrons. The summed E-state index contributed by atoms with van der Waals surface area (Å²) in [5, 5.41) is 30.4. The van der Waals surface area contributed by atoms with E-state index in [1.807, 2.05) is 0 Å². The first-order chi connectivity index (χ1) is 17.0. The molecule has 1 saturated heterocycles. The molecule has 3 N–H and O–H groups in total. The number of hydrogen-bond donors (Lipinski definition) is 3. The fourth-order valence-corrected chi connectivity index (χ4v) is 4.96. The van der Waals surface area contributed by atoms with Crippen molar-refractivity contribution >= 4 is 5.91 Å². The monoisotopic (exact) mass is 499 g/mol. The molecule has 0 spiro atoms. The summed E-state index contributed by atoms with van der Waals surface area (Å²) >= 11 is 0. The van der Waals surface area contributed by atoms with Crippen LogP contribution in [0.5, 0.6) is 0 Å². The highest BCUT2D eigenvalue weighted by molar-refractivity contribution is 5.76. The quantitative estimate of drug-likeness (QED) is 0.157. The minimum Gasteiger partial charge on any atom is -0.388 e. The topological polar surface area (TPSA) is 90.2 Å². The molecule has 1 fully saturated rings. The van der Waals surface area contributed by atoms with Crippen LogP contribution in [-0.4, -0.2) is 63.8 Å². The molecule has 35 heavy (non-hydrogen) atoms. The highest BCUT2D eigenvalue weighted by Gasteiger charge is 2.41. The third-order valence-electron chi connectivity index (χ3n) is 7.35. The van der Waals surface area contributed by atoms with Gasteiger partial charge < -0.3 is 25.0 Å². The van der Waals surface area contributed by atoms with Gasteiger partial charge in [0.05, 0.1) is 6.61 Å². The van der Waals surface area contributed by atoms with Gasteiger partial charge in [-0.3, -0.25) is 4.79 Å². The van der Waals surface area contributed by atoms with Gasteiger partial charge in [-0.1, -0.05) is 123 Å². The van der Waals surface area contributed by atoms with Crippen LogP contribution in [0.3, 0.4) is 0 Å². The highest BCUT2D eigenvalue weighted by atomic mass is 16.5. The lowest BCUT2D eigenvalue weighted by Gasteiger charge is -2.41. The molecule has 6 heteroatoms. The molecule has 0 aromatic heterocycles. The van der Waals surface area contributed by atoms with Crippen LogP contribution in [0, 0.1) is 0 Å². The van der Waals surface area contributed by atoms with Crippen molar-refractivity contribution in [2.24, 2.45) is 0 Å². The molecule has 0 saturated carbocycles. The lowest BCUT2D eigenvalue weighted by Crippen LogP contribution is -2.60. The second kappa shape index (κ2) is 21.4. The summed E-state index contributed by atoms with van der Waals surface area (Å²) in [7, 11) is 0. The number of aliphatic hydroxyl groups excluding tert-OH is 3. The number of ether oxygens (including phenoxy) is 1. The first-order valence-electron chi connectivity index (χ1n) is 15.0. The minimum atomic E-state index is -1.29. The van der Waals surface area contributed by atoms with Crippen LogP contribution in [0.15, 0.2) is 0 Å². The SMILES string of the molecule is CCCCCCCCCCCCN(C(=O)CCCCCCCCCCC)[C@H]1OC[C@@H](O)[C@@H](O)[C@@H]1O. The number of carbonyl (C=O) groups is 1. The Hall–Kier alpha value is -0.690. The van der Waals surface area contributed by atoms with Gasteiger partial charge in [-0.15, -0.1) is 0 Å². The van der Waals surface area contributed by atoms with Crippen LogP contribution in [-0.2, 0) is 9.53 Å². The first-order valence-corrected chi connectivity index (χ1v) is 15.0. The molecule has 4 atom stereocenters. The summed E-state index contributed by atoms with van der Waals surface area (Å²) in [6, 6.07) is 0. The molecular formula is C29H57NO5. The largest absolute Gasteiger partial charge is 0.388 e. The molecule has 0 aliphatic carbocycles. The van der Waals surface area contributed by atoms with E-state index in [0.717, 1.165) is 38.5 Å². The number of carbonyl (C=O) groups excluding carboxylic acids is 1. The smallest absolute Gasteiger partial charge is 0.224 e. The van der Waals surface area contributed by atoms with Gasteiger partial charge >= 0.3 is 0 Å². The molecule has 1 heterocycles. The number of hydrogen-bond acceptors (Lipinski definition) is 5. The molecule has 0 unspecified atom stereocenters. The van der Waals surface area contributed by atoms with Crippen molar-refractivity contribution in [2.75, 3.05) is 13.2 Å². The predicted octanol–water partition coefficient (Wildman–Crippen LogP) is 6.10. The zero-order chi connectivity index (χ0) is 25.7. The van der Waals surface area contributed by atoms with E-state index in [4.69, 9.17) is 4.74 Å². The van der Waals surface area contributed by atoms with E-state index in [1.165, 1.54) is 83.5 Å². The van der Waals surface area contributed by atoms with Gasteiger partial charge in [-0.25, -0.2) is 0 Å². The second-order valence-corrected chi connectivity index (χ2v) is 10.6. The Morgan fingerprint density at radius 1 is 0.657 bits per heavy atom. The summed E-state index contributed by atoms with van der Waals surface area (Å²) in [5.41, 5.74) is 0. The van der Waals surface area contributed by atoms with E-state index in [-0.39, 0.29) is 12.5 Å². The van der Waals surface area contributed by atoms with Gasteiger partial charge in [0.15, 0.2) is 6.23 Å². The van der Waals surface area contributed by atoms with E-state index >= 15 is 0 Å². The van der Waals surface area contributed by atoms with Gasteiger partial charge in [-0.05, 0) is 12.8 Å². The Kier molecular flexibility index (Phi) is 19.8. The Bertz CT molecular complexity index is 503. The Morgan fingerprint density at radius 2 is 1.09 bits per heavy atom. The lowest BCUT2D eigenvalue weighted by molar-refractivity contribution is -0.228. The van der Waals surface area contributed by atoms with Gasteiger partial charge in [0.25, 0.3) is 0 Å². The number of unbranched alkanes of at least 4 members (excludes halogenated alkanes) is 17. The minimum absolute atomic E-state index is 0.0171. The fraction of sp³-hybridized carbons (Fsp3) is 0.966. The molecule has 0 aromatic carbocycles. The highest BCUT2D eigenvalue weighted by Crippen LogP contribution is 2.22. The van der Waals surface area contributed by atoms with E-state index in [1.54, 1.807) is 4.90 Å². The van der Waals surface area contributed by atoms with Crippen molar-refractivity contribution in [3.05, 3.63) is 0 Å². The molecule has 1 aliphatic rings. The number of amides is 1. The average molecular weight is 500 g/mol. The van der Waals surface area contributed by atoms with Crippen molar-refractivity contribution in [3.63, 3.8) is 0 Å². The van der Waals surface area contributed by atoms with Crippen LogP contribution < -0.4 is 0 Å². The second-order valence-electron chi connectivity index (χ2n) is 10.6. The van der Waals surface area contributed by atoms with E-state index in [2.05, 4.69) is 13.8 Å². The summed E-state index contributed by atoms with van der Waals surface area (Å²) in [6.07, 6.45) is 18.8. The van der Waals surface area contributed by atoms with Crippen molar-refractivity contribution in [1.29, 1.82) is 0 Å². The predicted molar refractivity (Wildman–Crippen MR) is 143 cm³/mol. The van der Waals surface area contributed by atoms with Crippen molar-refractivity contribution < 1.29 is 24.9 Å². The summed E-state index contributed by atoms with van der Waals surface area (Å²) < 4.78 is 5.64. The van der Waals surface area contributed by atoms with Crippen LogP contribution in [0.25, 0.3) is 0 Å². The normalized spacial score (nSPS) is 22.4. The van der Waals surface area contributed by atoms with Gasteiger partial charge in [0, 0.05) is 13.0 Å². The maximum atomic E-state index is 13.1. The average Bonchev–Trinajstić information content (AvgIpc) is 2.85. The van der Waals surface area contributed by atoms with Gasteiger partial charge in [0.1, 0.15) is 18.3 Å². The first kappa shape index (κ1) is 32.3. The summed E-state index contributed by atoms with van der Waals surface area (Å²) in [5.74, 6) is -0.0171. The summed E-state index contributed by atoms with van der Waals surface area (Å²) in [4.78, 5) is 14.7. The molecule has 0 aromatic rings. The van der Waals surface area contributed by atoms with E-state index in [0.29, 0.717) is 13.0 Å². The van der Waals surface area contributed by atoms with E-state index < -0.39 is 24.5 Å². The molecule has 0 bridgehead atoms.